The maximum Gasteiger partial charge on any atom is 0.305 e. The van der Waals surface area contributed by atoms with Crippen molar-refractivity contribution in [3.05, 3.63) is 29.3 Å². The Bertz CT molecular complexity index is 726. The Morgan fingerprint density at radius 2 is 2.07 bits per heavy atom. The van der Waals surface area contributed by atoms with Gasteiger partial charge in [-0.3, -0.25) is 4.79 Å². The Labute approximate surface area is 170 Å². The Balaban J connectivity index is 2.01. The minimum atomic E-state index is -1.41. The molecule has 1 N–H and O–H groups in total. The fraction of sp³-hybridized carbons (Fsp3) is 0.682. The van der Waals surface area contributed by atoms with Gasteiger partial charge in [0.15, 0.2) is 9.04 Å². The molecule has 28 heavy (non-hydrogen) atoms. The highest BCUT2D eigenvalue weighted by Gasteiger charge is 2.63. The molecule has 0 unspecified atom stereocenters. The molecule has 1 aromatic carbocycles. The van der Waals surface area contributed by atoms with Crippen LogP contribution in [0.3, 0.4) is 0 Å². The zero-order chi connectivity index (χ0) is 20.7. The van der Waals surface area contributed by atoms with Crippen molar-refractivity contribution in [2.24, 2.45) is 11.3 Å². The molecule has 0 amide bonds. The molecule has 3 rings (SSSR count). The molecular weight excluding hydrogens is 372 g/mol. The van der Waals surface area contributed by atoms with Crippen LogP contribution < -0.4 is 4.74 Å². The molecule has 0 bridgehead atoms. The summed E-state index contributed by atoms with van der Waals surface area (Å²) in [5.41, 5.74) is 1.53. The first-order chi connectivity index (χ1) is 13.1. The molecule has 1 heterocycles. The quantitative estimate of drug-likeness (QED) is 0.579. The summed E-state index contributed by atoms with van der Waals surface area (Å²) in [5.74, 6) is 0.884. The van der Waals surface area contributed by atoms with E-state index in [1.807, 2.05) is 12.1 Å². The summed E-state index contributed by atoms with van der Waals surface area (Å²) in [4.78, 5) is 11.6. The number of aliphatic hydroxyl groups excluding tert-OH is 1. The molecule has 1 aliphatic heterocycles. The van der Waals surface area contributed by atoms with Gasteiger partial charge in [-0.2, -0.15) is 0 Å². The highest BCUT2D eigenvalue weighted by atomic mass is 28.3. The minimum Gasteiger partial charge on any atom is -0.489 e. The number of rotatable bonds is 6. The second kappa shape index (κ2) is 7.80. The number of aryl methyl sites for hydroxylation is 1. The fourth-order valence-corrected chi connectivity index (χ4v) is 6.55. The first-order valence-electron chi connectivity index (χ1n) is 10.3. The molecule has 0 saturated heterocycles. The van der Waals surface area contributed by atoms with Crippen molar-refractivity contribution >= 4 is 15.0 Å². The van der Waals surface area contributed by atoms with Gasteiger partial charge < -0.3 is 19.0 Å². The maximum atomic E-state index is 11.6. The largest absolute Gasteiger partial charge is 0.489 e. The summed E-state index contributed by atoms with van der Waals surface area (Å²) in [6, 6.07) is 6.14. The summed E-state index contributed by atoms with van der Waals surface area (Å²) < 4.78 is 17.9. The summed E-state index contributed by atoms with van der Waals surface area (Å²) in [7, 11) is 0.00557. The van der Waals surface area contributed by atoms with E-state index in [2.05, 4.69) is 39.9 Å². The maximum absolute atomic E-state index is 11.6. The summed E-state index contributed by atoms with van der Waals surface area (Å²) in [5, 5.41) is 10.6. The van der Waals surface area contributed by atoms with E-state index in [9.17, 15) is 9.90 Å². The molecule has 4 atom stereocenters. The van der Waals surface area contributed by atoms with Gasteiger partial charge in [0.25, 0.3) is 0 Å². The summed E-state index contributed by atoms with van der Waals surface area (Å²) in [6.45, 7) is 11.0. The van der Waals surface area contributed by atoms with E-state index in [-0.39, 0.29) is 35.9 Å². The molecule has 1 aromatic rings. The molecule has 6 heteroatoms. The van der Waals surface area contributed by atoms with Crippen LogP contribution in [0.1, 0.15) is 50.7 Å². The van der Waals surface area contributed by atoms with Gasteiger partial charge in [0.1, 0.15) is 11.9 Å². The van der Waals surface area contributed by atoms with Crippen LogP contribution in [0.15, 0.2) is 18.2 Å². The van der Waals surface area contributed by atoms with Crippen molar-refractivity contribution in [3.8, 4) is 5.75 Å². The monoisotopic (exact) mass is 406 g/mol. The molecule has 0 spiro atoms. The lowest BCUT2D eigenvalue weighted by molar-refractivity contribution is -0.140. The number of esters is 1. The number of carbonyl (C=O) groups excluding carboxylic acids is 1. The molecule has 0 radical (unpaired) electrons. The molecule has 1 aliphatic carbocycles. The number of carbonyl (C=O) groups is 1. The highest BCUT2D eigenvalue weighted by molar-refractivity contribution is 6.48. The Kier molecular flexibility index (Phi) is 5.95. The first-order valence-corrected chi connectivity index (χ1v) is 13.1. The van der Waals surface area contributed by atoms with E-state index in [1.165, 1.54) is 7.11 Å². The minimum absolute atomic E-state index is 0.00148. The molecular formula is C22H34O5Si. The number of hydrogen-bond acceptors (Lipinski definition) is 5. The lowest BCUT2D eigenvalue weighted by Gasteiger charge is -2.45. The van der Waals surface area contributed by atoms with Gasteiger partial charge in [-0.05, 0) is 42.8 Å². The first kappa shape index (κ1) is 21.3. The van der Waals surface area contributed by atoms with Crippen molar-refractivity contribution < 1.29 is 23.8 Å². The number of fused-ring (bicyclic) bond motifs is 3. The van der Waals surface area contributed by atoms with Crippen molar-refractivity contribution in [1.29, 1.82) is 0 Å². The predicted molar refractivity (Wildman–Crippen MR) is 111 cm³/mol. The summed E-state index contributed by atoms with van der Waals surface area (Å²) >= 11 is 0. The van der Waals surface area contributed by atoms with E-state index >= 15 is 0 Å². The van der Waals surface area contributed by atoms with E-state index in [0.717, 1.165) is 23.3 Å². The number of benzene rings is 1. The van der Waals surface area contributed by atoms with Crippen LogP contribution in [0, 0.1) is 11.3 Å². The molecule has 156 valence electrons. The van der Waals surface area contributed by atoms with Crippen LogP contribution >= 0.6 is 0 Å². The third-order valence-corrected chi connectivity index (χ3v) is 7.17. The fourth-order valence-electron chi connectivity index (χ4n) is 5.29. The van der Waals surface area contributed by atoms with Crippen LogP contribution in [0.2, 0.25) is 13.1 Å². The SMILES string of the molecule is COC(=O)CCc1cccc2c1O[C@H]1C[C@H](C(C)(C)C)[C@](CO)(O[SiH](C)C)[C@@H]21. The lowest BCUT2D eigenvalue weighted by atomic mass is 9.69. The van der Waals surface area contributed by atoms with Crippen LogP contribution in [0.4, 0.5) is 0 Å². The Hall–Kier alpha value is -1.37. The van der Waals surface area contributed by atoms with E-state index in [1.54, 1.807) is 0 Å². The average molecular weight is 407 g/mol. The normalized spacial score (nSPS) is 28.8. The Morgan fingerprint density at radius 1 is 1.36 bits per heavy atom. The molecule has 0 aromatic heterocycles. The van der Waals surface area contributed by atoms with E-state index < -0.39 is 14.6 Å². The van der Waals surface area contributed by atoms with Crippen LogP contribution in [-0.4, -0.2) is 45.5 Å². The zero-order valence-corrected chi connectivity index (χ0v) is 19.1. The third kappa shape index (κ3) is 3.62. The smallest absolute Gasteiger partial charge is 0.305 e. The van der Waals surface area contributed by atoms with Gasteiger partial charge in [0.05, 0.1) is 25.2 Å². The van der Waals surface area contributed by atoms with Gasteiger partial charge in [-0.25, -0.2) is 0 Å². The van der Waals surface area contributed by atoms with Crippen molar-refractivity contribution in [3.63, 3.8) is 0 Å². The number of aliphatic hydroxyl groups is 1. The summed E-state index contributed by atoms with van der Waals surface area (Å²) in [6.07, 6.45) is 1.78. The van der Waals surface area contributed by atoms with Crippen molar-refractivity contribution in [1.82, 2.24) is 0 Å². The van der Waals surface area contributed by atoms with E-state index in [0.29, 0.717) is 12.8 Å². The van der Waals surface area contributed by atoms with Gasteiger partial charge in [0, 0.05) is 12.0 Å². The highest BCUT2D eigenvalue weighted by Crippen LogP contribution is 2.60. The topological polar surface area (TPSA) is 65.0 Å². The number of ether oxygens (including phenoxy) is 2. The van der Waals surface area contributed by atoms with E-state index in [4.69, 9.17) is 13.9 Å². The molecule has 2 aliphatic rings. The molecule has 5 nitrogen and oxygen atoms in total. The van der Waals surface area contributed by atoms with Crippen LogP contribution in [-0.2, 0) is 20.4 Å². The second-order valence-corrected chi connectivity index (χ2v) is 11.8. The molecule has 1 saturated carbocycles. The number of hydrogen-bond donors (Lipinski definition) is 1. The molecule has 1 fully saturated rings. The van der Waals surface area contributed by atoms with Crippen LogP contribution in [0.25, 0.3) is 0 Å². The third-order valence-electron chi connectivity index (χ3n) is 6.26. The lowest BCUT2D eigenvalue weighted by Crippen LogP contribution is -2.51. The van der Waals surface area contributed by atoms with Crippen molar-refractivity contribution in [2.45, 2.75) is 70.8 Å². The van der Waals surface area contributed by atoms with Crippen molar-refractivity contribution in [2.75, 3.05) is 13.7 Å². The standard InChI is InChI=1S/C22H34O5Si/c1-21(2,3)17-12-16-19(22(17,13-23)27-28(5)6)15-9-7-8-14(20(15)26-16)10-11-18(24)25-4/h7-9,16-17,19,23,28H,10-13H2,1-6H3/t16-,17+,19-,22-/m0/s1. The number of para-hydroxylation sites is 1. The average Bonchev–Trinajstić information content (AvgIpc) is 3.14. The van der Waals surface area contributed by atoms with Gasteiger partial charge >= 0.3 is 5.97 Å². The van der Waals surface area contributed by atoms with Crippen LogP contribution in [0.5, 0.6) is 5.75 Å². The van der Waals surface area contributed by atoms with Gasteiger partial charge in [0.2, 0.25) is 0 Å². The second-order valence-electron chi connectivity index (χ2n) is 9.48. The van der Waals surface area contributed by atoms with Gasteiger partial charge in [-0.1, -0.05) is 39.0 Å². The Morgan fingerprint density at radius 3 is 2.64 bits per heavy atom. The zero-order valence-electron chi connectivity index (χ0n) is 18.0. The predicted octanol–water partition coefficient (Wildman–Crippen LogP) is 3.43. The number of methoxy groups -OCH3 is 1. The van der Waals surface area contributed by atoms with Gasteiger partial charge in [-0.15, -0.1) is 0 Å².